The van der Waals surface area contributed by atoms with Crippen LogP contribution < -0.4 is 4.74 Å². The predicted molar refractivity (Wildman–Crippen MR) is 80.2 cm³/mol. The van der Waals surface area contributed by atoms with E-state index in [0.29, 0.717) is 11.3 Å². The molecule has 2 aromatic carbocycles. The maximum atomic E-state index is 13.5. The summed E-state index contributed by atoms with van der Waals surface area (Å²) in [5.74, 6) is 0.379. The van der Waals surface area contributed by atoms with Gasteiger partial charge in [0.25, 0.3) is 0 Å². The Morgan fingerprint density at radius 2 is 1.91 bits per heavy atom. The normalized spacial score (nSPS) is 11.0. The van der Waals surface area contributed by atoms with Gasteiger partial charge in [0.15, 0.2) is 0 Å². The summed E-state index contributed by atoms with van der Waals surface area (Å²) in [6.45, 7) is 0.179. The number of ether oxygens (including phenoxy) is 1. The van der Waals surface area contributed by atoms with Crippen molar-refractivity contribution >= 4 is 6.21 Å². The van der Waals surface area contributed by atoms with E-state index in [9.17, 15) is 4.39 Å². The summed E-state index contributed by atoms with van der Waals surface area (Å²) in [6.07, 6.45) is 4.66. The van der Waals surface area contributed by atoms with Crippen LogP contribution >= 0.6 is 0 Å². The Labute approximate surface area is 126 Å². The van der Waals surface area contributed by atoms with Crippen LogP contribution in [0.4, 0.5) is 4.39 Å². The van der Waals surface area contributed by atoms with Gasteiger partial charge in [-0.25, -0.2) is 9.07 Å². The molecule has 0 bridgehead atoms. The van der Waals surface area contributed by atoms with E-state index in [1.165, 1.54) is 23.4 Å². The summed E-state index contributed by atoms with van der Waals surface area (Å²) in [4.78, 5) is 0. The van der Waals surface area contributed by atoms with Gasteiger partial charge in [-0.15, -0.1) is 10.2 Å². The quantitative estimate of drug-likeness (QED) is 0.680. The molecule has 1 aromatic heterocycles. The Kier molecular flexibility index (Phi) is 4.20. The van der Waals surface area contributed by atoms with Crippen LogP contribution in [0.3, 0.4) is 0 Å². The fourth-order valence-electron chi connectivity index (χ4n) is 1.85. The zero-order chi connectivity index (χ0) is 15.2. The minimum absolute atomic E-state index is 0.179. The fourth-order valence-corrected chi connectivity index (χ4v) is 1.85. The lowest BCUT2D eigenvalue weighted by molar-refractivity contribution is 0.300. The highest BCUT2D eigenvalue weighted by atomic mass is 19.1. The number of hydrogen-bond acceptors (Lipinski definition) is 4. The lowest BCUT2D eigenvalue weighted by atomic mass is 10.2. The SMILES string of the molecule is Fc1ccccc1COc1cccc(/C=N/n2cnnc2)c1. The summed E-state index contributed by atoms with van der Waals surface area (Å²) in [7, 11) is 0. The molecule has 110 valence electrons. The Morgan fingerprint density at radius 1 is 1.09 bits per heavy atom. The van der Waals surface area contributed by atoms with E-state index in [4.69, 9.17) is 4.74 Å². The molecule has 1 heterocycles. The number of rotatable bonds is 5. The van der Waals surface area contributed by atoms with E-state index >= 15 is 0 Å². The first-order valence-corrected chi connectivity index (χ1v) is 6.66. The van der Waals surface area contributed by atoms with Crippen molar-refractivity contribution in [1.82, 2.24) is 14.9 Å². The molecule has 3 aromatic rings. The molecule has 0 saturated carbocycles. The van der Waals surface area contributed by atoms with Crippen LogP contribution in [-0.4, -0.2) is 21.1 Å². The molecule has 5 nitrogen and oxygen atoms in total. The summed E-state index contributed by atoms with van der Waals surface area (Å²) in [5, 5.41) is 11.5. The van der Waals surface area contributed by atoms with E-state index in [1.807, 2.05) is 24.3 Å². The van der Waals surface area contributed by atoms with Gasteiger partial charge in [-0.3, -0.25) is 0 Å². The Hall–Kier alpha value is -3.02. The minimum Gasteiger partial charge on any atom is -0.489 e. The van der Waals surface area contributed by atoms with Gasteiger partial charge < -0.3 is 4.74 Å². The standard InChI is InChI=1S/C16H13FN4O/c17-16-7-2-1-5-14(16)10-22-15-6-3-4-13(8-15)9-20-21-11-18-19-12-21/h1-9,11-12H,10H2/b20-9+. The first kappa shape index (κ1) is 13.9. The molecule has 0 atom stereocenters. The van der Waals surface area contributed by atoms with Crippen molar-refractivity contribution < 1.29 is 9.13 Å². The first-order valence-electron chi connectivity index (χ1n) is 6.66. The smallest absolute Gasteiger partial charge is 0.141 e. The topological polar surface area (TPSA) is 52.3 Å². The minimum atomic E-state index is -0.271. The van der Waals surface area contributed by atoms with E-state index in [0.717, 1.165) is 5.56 Å². The third-order valence-corrected chi connectivity index (χ3v) is 2.96. The Bertz CT molecular complexity index is 771. The van der Waals surface area contributed by atoms with Crippen LogP contribution in [-0.2, 0) is 6.61 Å². The third-order valence-electron chi connectivity index (χ3n) is 2.96. The average Bonchev–Trinajstić information content (AvgIpc) is 3.06. The van der Waals surface area contributed by atoms with Crippen LogP contribution in [0.1, 0.15) is 11.1 Å². The maximum absolute atomic E-state index is 13.5. The van der Waals surface area contributed by atoms with Gasteiger partial charge in [0.2, 0.25) is 0 Å². The molecule has 0 fully saturated rings. The number of aromatic nitrogens is 3. The molecule has 0 amide bonds. The highest BCUT2D eigenvalue weighted by Gasteiger charge is 2.02. The molecular formula is C16H13FN4O. The molecule has 0 radical (unpaired) electrons. The van der Waals surface area contributed by atoms with E-state index in [-0.39, 0.29) is 12.4 Å². The number of nitrogens with zero attached hydrogens (tertiary/aromatic N) is 4. The Morgan fingerprint density at radius 3 is 2.73 bits per heavy atom. The molecule has 3 rings (SSSR count). The highest BCUT2D eigenvalue weighted by molar-refractivity contribution is 5.80. The van der Waals surface area contributed by atoms with Crippen molar-refractivity contribution in [1.29, 1.82) is 0 Å². The van der Waals surface area contributed by atoms with Crippen LogP contribution in [0.15, 0.2) is 66.3 Å². The molecule has 22 heavy (non-hydrogen) atoms. The molecular weight excluding hydrogens is 283 g/mol. The summed E-state index contributed by atoms with van der Waals surface area (Å²) in [5.41, 5.74) is 1.38. The second-order valence-electron chi connectivity index (χ2n) is 4.54. The van der Waals surface area contributed by atoms with Crippen molar-refractivity contribution in [2.75, 3.05) is 0 Å². The van der Waals surface area contributed by atoms with Crippen molar-refractivity contribution in [2.24, 2.45) is 5.10 Å². The fraction of sp³-hybridized carbons (Fsp3) is 0.0625. The van der Waals surface area contributed by atoms with Gasteiger partial charge in [0.05, 0.1) is 6.21 Å². The number of hydrogen-bond donors (Lipinski definition) is 0. The molecule has 0 aliphatic carbocycles. The summed E-state index contributed by atoms with van der Waals surface area (Å²) >= 11 is 0. The van der Waals surface area contributed by atoms with Crippen LogP contribution in [0.5, 0.6) is 5.75 Å². The second kappa shape index (κ2) is 6.62. The number of benzene rings is 2. The van der Waals surface area contributed by atoms with Gasteiger partial charge >= 0.3 is 0 Å². The third kappa shape index (κ3) is 3.54. The molecule has 0 unspecified atom stereocenters. The van der Waals surface area contributed by atoms with Crippen molar-refractivity contribution in [3.63, 3.8) is 0 Å². The molecule has 0 N–H and O–H groups in total. The van der Waals surface area contributed by atoms with Crippen molar-refractivity contribution in [3.8, 4) is 5.75 Å². The van der Waals surface area contributed by atoms with Crippen molar-refractivity contribution in [2.45, 2.75) is 6.61 Å². The van der Waals surface area contributed by atoms with E-state index in [1.54, 1.807) is 24.4 Å². The van der Waals surface area contributed by atoms with Crippen molar-refractivity contribution in [3.05, 3.63) is 78.1 Å². The van der Waals surface area contributed by atoms with Gasteiger partial charge in [-0.2, -0.15) is 5.10 Å². The van der Waals surface area contributed by atoms with Gasteiger partial charge in [-0.1, -0.05) is 30.3 Å². The van der Waals surface area contributed by atoms with E-state index < -0.39 is 0 Å². The van der Waals surface area contributed by atoms with Gasteiger partial charge in [-0.05, 0) is 23.8 Å². The van der Waals surface area contributed by atoms with Gasteiger partial charge in [0, 0.05) is 5.56 Å². The van der Waals surface area contributed by atoms with Crippen LogP contribution in [0, 0.1) is 5.82 Å². The molecule has 0 aliphatic rings. The first-order chi connectivity index (χ1) is 10.8. The predicted octanol–water partition coefficient (Wildman–Crippen LogP) is 2.88. The van der Waals surface area contributed by atoms with Gasteiger partial charge in [0.1, 0.15) is 30.8 Å². The largest absolute Gasteiger partial charge is 0.489 e. The molecule has 0 aliphatic heterocycles. The maximum Gasteiger partial charge on any atom is 0.141 e. The van der Waals surface area contributed by atoms with Crippen LogP contribution in [0.2, 0.25) is 0 Å². The van der Waals surface area contributed by atoms with E-state index in [2.05, 4.69) is 15.3 Å². The summed E-state index contributed by atoms with van der Waals surface area (Å²) < 4.78 is 20.6. The molecule has 6 heteroatoms. The lowest BCUT2D eigenvalue weighted by Gasteiger charge is -2.07. The Balaban J connectivity index is 1.68. The zero-order valence-electron chi connectivity index (χ0n) is 11.6. The summed E-state index contributed by atoms with van der Waals surface area (Å²) in [6, 6.07) is 13.9. The lowest BCUT2D eigenvalue weighted by Crippen LogP contribution is -1.98. The molecule has 0 saturated heterocycles. The average molecular weight is 296 g/mol. The highest BCUT2D eigenvalue weighted by Crippen LogP contribution is 2.15. The zero-order valence-corrected chi connectivity index (χ0v) is 11.6. The van der Waals surface area contributed by atoms with Crippen LogP contribution in [0.25, 0.3) is 0 Å². The number of halogens is 1. The molecule has 0 spiro atoms. The monoisotopic (exact) mass is 296 g/mol. The second-order valence-corrected chi connectivity index (χ2v) is 4.54.